The topological polar surface area (TPSA) is 49.3 Å². The van der Waals surface area contributed by atoms with Crippen LogP contribution in [0.2, 0.25) is 0 Å². The highest BCUT2D eigenvalue weighted by Crippen LogP contribution is 2.24. The molecule has 16 heavy (non-hydrogen) atoms. The molecule has 0 radical (unpaired) electrons. The first kappa shape index (κ1) is 13.1. The average Bonchev–Trinajstić information content (AvgIpc) is 2.20. The van der Waals surface area contributed by atoms with Gasteiger partial charge >= 0.3 is 5.97 Å². The normalized spacial score (nSPS) is 12.8. The summed E-state index contributed by atoms with van der Waals surface area (Å²) in [7, 11) is 1.65. The summed E-state index contributed by atoms with van der Waals surface area (Å²) >= 11 is 1.77. The van der Waals surface area contributed by atoms with Gasteiger partial charge in [-0.1, -0.05) is 26.0 Å². The zero-order chi connectivity index (χ0) is 12.1. The molecule has 0 heterocycles. The molecule has 88 valence electrons. The molecule has 0 bridgehead atoms. The van der Waals surface area contributed by atoms with E-state index in [1.54, 1.807) is 18.8 Å². The van der Waals surface area contributed by atoms with Crippen molar-refractivity contribution in [3.05, 3.63) is 29.8 Å². The quantitative estimate of drug-likeness (QED) is 0.775. The minimum atomic E-state index is -0.855. The van der Waals surface area contributed by atoms with Crippen molar-refractivity contribution in [3.8, 4) is 0 Å². The summed E-state index contributed by atoms with van der Waals surface area (Å²) in [6.07, 6.45) is 0. The maximum absolute atomic E-state index is 10.9. The monoisotopic (exact) mass is 239 g/mol. The van der Waals surface area contributed by atoms with Crippen LogP contribution < -0.4 is 5.32 Å². The fourth-order valence-corrected chi connectivity index (χ4v) is 2.28. The molecule has 1 atom stereocenters. The molecule has 1 aromatic rings. The maximum Gasteiger partial charge on any atom is 0.325 e. The van der Waals surface area contributed by atoms with Gasteiger partial charge in [-0.15, -0.1) is 11.8 Å². The van der Waals surface area contributed by atoms with Gasteiger partial charge in [0.25, 0.3) is 0 Å². The largest absolute Gasteiger partial charge is 0.480 e. The SMILES string of the molecule is CNC(C(=O)O)c1ccc(SC(C)C)cc1. The van der Waals surface area contributed by atoms with E-state index in [-0.39, 0.29) is 0 Å². The number of carboxylic acids is 1. The number of nitrogens with one attached hydrogen (secondary N) is 1. The van der Waals surface area contributed by atoms with E-state index in [1.807, 2.05) is 24.3 Å². The fourth-order valence-electron chi connectivity index (χ4n) is 1.44. The molecule has 1 rings (SSSR count). The number of aliphatic carboxylic acids is 1. The average molecular weight is 239 g/mol. The van der Waals surface area contributed by atoms with Gasteiger partial charge in [-0.05, 0) is 24.7 Å². The first-order valence-corrected chi connectivity index (χ1v) is 6.09. The zero-order valence-electron chi connectivity index (χ0n) is 9.73. The number of carbonyl (C=O) groups is 1. The molecular formula is C12H17NO2S. The molecule has 0 aromatic heterocycles. The van der Waals surface area contributed by atoms with Crippen LogP contribution in [-0.4, -0.2) is 23.4 Å². The van der Waals surface area contributed by atoms with Crippen LogP contribution in [0.4, 0.5) is 0 Å². The highest BCUT2D eigenvalue weighted by molar-refractivity contribution is 7.99. The van der Waals surface area contributed by atoms with Crippen molar-refractivity contribution in [2.24, 2.45) is 0 Å². The molecular weight excluding hydrogens is 222 g/mol. The molecule has 0 fully saturated rings. The second-order valence-corrected chi connectivity index (χ2v) is 5.45. The second-order valence-electron chi connectivity index (χ2n) is 3.80. The zero-order valence-corrected chi connectivity index (χ0v) is 10.5. The lowest BCUT2D eigenvalue weighted by molar-refractivity contribution is -0.139. The Balaban J connectivity index is 2.81. The van der Waals surface area contributed by atoms with Gasteiger partial charge in [0.15, 0.2) is 0 Å². The van der Waals surface area contributed by atoms with Crippen molar-refractivity contribution >= 4 is 17.7 Å². The number of carboxylic acid groups (broad SMARTS) is 1. The van der Waals surface area contributed by atoms with Crippen LogP contribution in [0.3, 0.4) is 0 Å². The molecule has 2 N–H and O–H groups in total. The molecule has 0 saturated carbocycles. The lowest BCUT2D eigenvalue weighted by Crippen LogP contribution is -2.24. The van der Waals surface area contributed by atoms with Gasteiger partial charge in [-0.25, -0.2) is 0 Å². The third-order valence-electron chi connectivity index (χ3n) is 2.12. The van der Waals surface area contributed by atoms with Gasteiger partial charge in [-0.2, -0.15) is 0 Å². The van der Waals surface area contributed by atoms with Crippen molar-refractivity contribution < 1.29 is 9.90 Å². The molecule has 3 nitrogen and oxygen atoms in total. The van der Waals surface area contributed by atoms with Gasteiger partial charge < -0.3 is 10.4 Å². The van der Waals surface area contributed by atoms with Crippen LogP contribution in [0.15, 0.2) is 29.2 Å². The van der Waals surface area contributed by atoms with E-state index in [0.29, 0.717) is 5.25 Å². The minimum absolute atomic E-state index is 0.533. The van der Waals surface area contributed by atoms with Crippen molar-refractivity contribution in [2.75, 3.05) is 7.05 Å². The Morgan fingerprint density at radius 3 is 2.25 bits per heavy atom. The molecule has 1 aromatic carbocycles. The first-order chi connectivity index (χ1) is 7.54. The Morgan fingerprint density at radius 2 is 1.88 bits per heavy atom. The standard InChI is InChI=1S/C12H17NO2S/c1-8(2)16-10-6-4-9(5-7-10)11(13-3)12(14)15/h4-8,11,13H,1-3H3,(H,14,15). The third-order valence-corrected chi connectivity index (χ3v) is 3.14. The van der Waals surface area contributed by atoms with Gasteiger partial charge in [0.1, 0.15) is 6.04 Å². The maximum atomic E-state index is 10.9. The predicted molar refractivity (Wildman–Crippen MR) is 66.9 cm³/mol. The third kappa shape index (κ3) is 3.54. The van der Waals surface area contributed by atoms with Gasteiger partial charge in [0.2, 0.25) is 0 Å². The number of thioether (sulfide) groups is 1. The summed E-state index contributed by atoms with van der Waals surface area (Å²) in [6.45, 7) is 4.26. The number of rotatable bonds is 5. The summed E-state index contributed by atoms with van der Waals surface area (Å²) in [5.41, 5.74) is 0.781. The van der Waals surface area contributed by atoms with E-state index in [9.17, 15) is 4.79 Å². The van der Waals surface area contributed by atoms with Crippen molar-refractivity contribution in [3.63, 3.8) is 0 Å². The highest BCUT2D eigenvalue weighted by Gasteiger charge is 2.16. The van der Waals surface area contributed by atoms with E-state index in [4.69, 9.17) is 5.11 Å². The molecule has 1 unspecified atom stereocenters. The van der Waals surface area contributed by atoms with E-state index in [0.717, 1.165) is 5.56 Å². The molecule has 0 aliphatic carbocycles. The molecule has 0 aliphatic rings. The van der Waals surface area contributed by atoms with Crippen molar-refractivity contribution in [1.29, 1.82) is 0 Å². The van der Waals surface area contributed by atoms with Crippen molar-refractivity contribution in [2.45, 2.75) is 30.0 Å². The summed E-state index contributed by atoms with van der Waals surface area (Å²) in [5, 5.41) is 12.3. The lowest BCUT2D eigenvalue weighted by Gasteiger charge is -2.12. The second kappa shape index (κ2) is 5.92. The smallest absolute Gasteiger partial charge is 0.325 e. The van der Waals surface area contributed by atoms with Gasteiger partial charge in [0, 0.05) is 10.1 Å². The van der Waals surface area contributed by atoms with Crippen LogP contribution in [0.1, 0.15) is 25.5 Å². The van der Waals surface area contributed by atoms with E-state index in [2.05, 4.69) is 19.2 Å². The Labute approximate surface area is 100 Å². The molecule has 0 amide bonds. The first-order valence-electron chi connectivity index (χ1n) is 5.21. The summed E-state index contributed by atoms with van der Waals surface area (Å²) in [4.78, 5) is 12.1. The van der Waals surface area contributed by atoms with E-state index < -0.39 is 12.0 Å². The number of benzene rings is 1. The molecule has 0 spiro atoms. The van der Waals surface area contributed by atoms with Gasteiger partial charge in [0.05, 0.1) is 0 Å². The van der Waals surface area contributed by atoms with Crippen molar-refractivity contribution in [1.82, 2.24) is 5.32 Å². The molecule has 4 heteroatoms. The van der Waals surface area contributed by atoms with Crippen LogP contribution in [0, 0.1) is 0 Å². The summed E-state index contributed by atoms with van der Waals surface area (Å²) < 4.78 is 0. The van der Waals surface area contributed by atoms with Crippen LogP contribution >= 0.6 is 11.8 Å². The summed E-state index contributed by atoms with van der Waals surface area (Å²) in [5.74, 6) is -0.855. The molecule has 0 saturated heterocycles. The predicted octanol–water partition coefficient (Wildman–Crippen LogP) is 2.53. The lowest BCUT2D eigenvalue weighted by atomic mass is 10.1. The van der Waals surface area contributed by atoms with Crippen LogP contribution in [0.25, 0.3) is 0 Å². The molecule has 0 aliphatic heterocycles. The summed E-state index contributed by atoms with van der Waals surface area (Å²) in [6, 6.07) is 7.03. The van der Waals surface area contributed by atoms with Crippen LogP contribution in [0.5, 0.6) is 0 Å². The Bertz CT molecular complexity index is 349. The van der Waals surface area contributed by atoms with E-state index in [1.165, 1.54) is 4.90 Å². The number of likely N-dealkylation sites (N-methyl/N-ethyl adjacent to an activating group) is 1. The Morgan fingerprint density at radius 1 is 1.31 bits per heavy atom. The number of hydrogen-bond acceptors (Lipinski definition) is 3. The van der Waals surface area contributed by atoms with E-state index >= 15 is 0 Å². The Hall–Kier alpha value is -1.00. The van der Waals surface area contributed by atoms with Crippen LogP contribution in [-0.2, 0) is 4.79 Å². The highest BCUT2D eigenvalue weighted by atomic mass is 32.2. The van der Waals surface area contributed by atoms with Gasteiger partial charge in [-0.3, -0.25) is 4.79 Å². The fraction of sp³-hybridized carbons (Fsp3) is 0.417. The number of hydrogen-bond donors (Lipinski definition) is 2. The minimum Gasteiger partial charge on any atom is -0.480 e. The Kier molecular flexibility index (Phi) is 4.83.